The number of hydrogen-bond acceptors (Lipinski definition) is 1. The molecule has 0 saturated carbocycles. The third kappa shape index (κ3) is 4.17. The minimum Gasteiger partial charge on any atom is -0.349 e. The number of benzene rings is 2. The molecule has 1 atom stereocenters. The zero-order chi connectivity index (χ0) is 16.1. The van der Waals surface area contributed by atoms with Gasteiger partial charge in [-0.05, 0) is 54.7 Å². The molecule has 0 bridgehead atoms. The number of carbonyl (C=O) groups excluding carboxylic acids is 1. The minimum absolute atomic E-state index is 0.00671. The van der Waals surface area contributed by atoms with Crippen LogP contribution in [0.3, 0.4) is 0 Å². The average Bonchev–Trinajstić information content (AvgIpc) is 2.50. The molecule has 0 aliphatic heterocycles. The van der Waals surface area contributed by atoms with Crippen molar-refractivity contribution in [1.82, 2.24) is 5.32 Å². The van der Waals surface area contributed by atoms with Gasteiger partial charge in [0.05, 0.1) is 12.5 Å². The van der Waals surface area contributed by atoms with E-state index in [1.807, 2.05) is 0 Å². The highest BCUT2D eigenvalue weighted by atomic mass is 19.1. The third-order valence-electron chi connectivity index (χ3n) is 3.95. The average molecular weight is 299 g/mol. The summed E-state index contributed by atoms with van der Waals surface area (Å²) in [5.74, 6) is -0.331. The van der Waals surface area contributed by atoms with E-state index in [4.69, 9.17) is 0 Å². The molecule has 0 heterocycles. The molecule has 0 aromatic heterocycles. The van der Waals surface area contributed by atoms with Gasteiger partial charge in [-0.15, -0.1) is 0 Å². The van der Waals surface area contributed by atoms with Crippen LogP contribution in [0.1, 0.15) is 41.6 Å². The molecule has 0 unspecified atom stereocenters. The van der Waals surface area contributed by atoms with Crippen molar-refractivity contribution in [3.8, 4) is 0 Å². The Balaban J connectivity index is 2.04. The number of carbonyl (C=O) groups is 1. The molecule has 1 amide bonds. The van der Waals surface area contributed by atoms with Crippen molar-refractivity contribution in [1.29, 1.82) is 0 Å². The van der Waals surface area contributed by atoms with Crippen LogP contribution < -0.4 is 5.32 Å². The summed E-state index contributed by atoms with van der Waals surface area (Å²) >= 11 is 0. The molecule has 0 fully saturated rings. The fourth-order valence-electron chi connectivity index (χ4n) is 2.44. The van der Waals surface area contributed by atoms with Crippen LogP contribution in [0.4, 0.5) is 4.39 Å². The summed E-state index contributed by atoms with van der Waals surface area (Å²) in [4.78, 5) is 12.2. The SMILES string of the molecule is CC[C@H](NC(=O)Cc1ccc(F)cc1)c1ccc(C)c(C)c1. The summed E-state index contributed by atoms with van der Waals surface area (Å²) in [6.45, 7) is 6.21. The molecule has 2 aromatic rings. The number of amides is 1. The Bertz CT molecular complexity index is 649. The van der Waals surface area contributed by atoms with E-state index in [1.54, 1.807) is 12.1 Å². The van der Waals surface area contributed by atoms with Gasteiger partial charge < -0.3 is 5.32 Å². The van der Waals surface area contributed by atoms with Crippen molar-refractivity contribution < 1.29 is 9.18 Å². The van der Waals surface area contributed by atoms with Crippen molar-refractivity contribution in [2.45, 2.75) is 39.7 Å². The molecule has 0 spiro atoms. The van der Waals surface area contributed by atoms with Crippen molar-refractivity contribution in [3.63, 3.8) is 0 Å². The molecule has 22 heavy (non-hydrogen) atoms. The van der Waals surface area contributed by atoms with E-state index < -0.39 is 0 Å². The van der Waals surface area contributed by atoms with Crippen LogP contribution in [0.5, 0.6) is 0 Å². The van der Waals surface area contributed by atoms with Crippen LogP contribution in [0.15, 0.2) is 42.5 Å². The summed E-state index contributed by atoms with van der Waals surface area (Å²) in [6.07, 6.45) is 1.10. The molecule has 2 nitrogen and oxygen atoms in total. The highest BCUT2D eigenvalue weighted by Crippen LogP contribution is 2.20. The molecule has 2 rings (SSSR count). The first-order valence-corrected chi connectivity index (χ1v) is 7.60. The number of halogens is 1. The van der Waals surface area contributed by atoms with Gasteiger partial charge in [-0.3, -0.25) is 4.79 Å². The second-order valence-electron chi connectivity index (χ2n) is 5.68. The monoisotopic (exact) mass is 299 g/mol. The first-order valence-electron chi connectivity index (χ1n) is 7.60. The number of aryl methyl sites for hydroxylation is 2. The molecule has 116 valence electrons. The minimum atomic E-state index is -0.286. The summed E-state index contributed by atoms with van der Waals surface area (Å²) in [7, 11) is 0. The van der Waals surface area contributed by atoms with Crippen molar-refractivity contribution in [2.75, 3.05) is 0 Å². The topological polar surface area (TPSA) is 29.1 Å². The predicted molar refractivity (Wildman–Crippen MR) is 87.2 cm³/mol. The van der Waals surface area contributed by atoms with E-state index in [2.05, 4.69) is 44.3 Å². The molecular weight excluding hydrogens is 277 g/mol. The van der Waals surface area contributed by atoms with Crippen LogP contribution in [-0.2, 0) is 11.2 Å². The van der Waals surface area contributed by atoms with E-state index >= 15 is 0 Å². The largest absolute Gasteiger partial charge is 0.349 e. The first kappa shape index (κ1) is 16.2. The van der Waals surface area contributed by atoms with Gasteiger partial charge in [0.2, 0.25) is 5.91 Å². The van der Waals surface area contributed by atoms with Gasteiger partial charge in [-0.25, -0.2) is 4.39 Å². The lowest BCUT2D eigenvalue weighted by atomic mass is 9.99. The second-order valence-corrected chi connectivity index (χ2v) is 5.68. The molecule has 0 aliphatic rings. The first-order chi connectivity index (χ1) is 10.5. The lowest BCUT2D eigenvalue weighted by Crippen LogP contribution is -2.29. The van der Waals surface area contributed by atoms with Gasteiger partial charge in [0.1, 0.15) is 5.82 Å². The van der Waals surface area contributed by atoms with Crippen molar-refractivity contribution in [2.24, 2.45) is 0 Å². The van der Waals surface area contributed by atoms with Crippen LogP contribution in [-0.4, -0.2) is 5.91 Å². The Labute approximate surface area is 131 Å². The molecular formula is C19H22FNO. The fourth-order valence-corrected chi connectivity index (χ4v) is 2.44. The Hall–Kier alpha value is -2.16. The maximum absolute atomic E-state index is 12.9. The molecule has 3 heteroatoms. The quantitative estimate of drug-likeness (QED) is 0.878. The van der Waals surface area contributed by atoms with Crippen LogP contribution >= 0.6 is 0 Å². The summed E-state index contributed by atoms with van der Waals surface area (Å²) < 4.78 is 12.9. The highest BCUT2D eigenvalue weighted by molar-refractivity contribution is 5.79. The smallest absolute Gasteiger partial charge is 0.224 e. The van der Waals surface area contributed by atoms with Crippen LogP contribution in [0.2, 0.25) is 0 Å². The van der Waals surface area contributed by atoms with Crippen LogP contribution in [0, 0.1) is 19.7 Å². The van der Waals surface area contributed by atoms with Crippen molar-refractivity contribution >= 4 is 5.91 Å². The maximum Gasteiger partial charge on any atom is 0.224 e. The number of nitrogens with one attached hydrogen (secondary N) is 1. The van der Waals surface area contributed by atoms with Gasteiger partial charge in [0.25, 0.3) is 0 Å². The molecule has 0 aliphatic carbocycles. The molecule has 1 N–H and O–H groups in total. The number of rotatable bonds is 5. The van der Waals surface area contributed by atoms with E-state index in [-0.39, 0.29) is 24.2 Å². The Kier molecular flexibility index (Phi) is 5.31. The van der Waals surface area contributed by atoms with Gasteiger partial charge in [-0.2, -0.15) is 0 Å². The van der Waals surface area contributed by atoms with Gasteiger partial charge >= 0.3 is 0 Å². The second kappa shape index (κ2) is 7.21. The van der Waals surface area contributed by atoms with Crippen molar-refractivity contribution in [3.05, 3.63) is 70.5 Å². The lowest BCUT2D eigenvalue weighted by Gasteiger charge is -2.18. The van der Waals surface area contributed by atoms with E-state index in [1.165, 1.54) is 23.3 Å². The third-order valence-corrected chi connectivity index (χ3v) is 3.95. The zero-order valence-electron chi connectivity index (χ0n) is 13.3. The molecule has 0 radical (unpaired) electrons. The maximum atomic E-state index is 12.9. The number of hydrogen-bond donors (Lipinski definition) is 1. The highest BCUT2D eigenvalue weighted by Gasteiger charge is 2.13. The normalized spacial score (nSPS) is 12.0. The Morgan fingerprint density at radius 2 is 1.77 bits per heavy atom. The lowest BCUT2D eigenvalue weighted by molar-refractivity contribution is -0.121. The van der Waals surface area contributed by atoms with E-state index in [0.717, 1.165) is 17.5 Å². The summed E-state index contributed by atoms with van der Waals surface area (Å²) in [5.41, 5.74) is 4.41. The Morgan fingerprint density at radius 1 is 1.09 bits per heavy atom. The van der Waals surface area contributed by atoms with E-state index in [9.17, 15) is 9.18 Å². The van der Waals surface area contributed by atoms with E-state index in [0.29, 0.717) is 0 Å². The van der Waals surface area contributed by atoms with Gasteiger partial charge in [0.15, 0.2) is 0 Å². The van der Waals surface area contributed by atoms with Gasteiger partial charge in [-0.1, -0.05) is 37.3 Å². The Morgan fingerprint density at radius 3 is 2.36 bits per heavy atom. The predicted octanol–water partition coefficient (Wildman–Crippen LogP) is 4.25. The fraction of sp³-hybridized carbons (Fsp3) is 0.316. The summed E-state index contributed by atoms with van der Waals surface area (Å²) in [6, 6.07) is 12.3. The zero-order valence-corrected chi connectivity index (χ0v) is 13.3. The molecule has 2 aromatic carbocycles. The standard InChI is InChI=1S/C19H22FNO/c1-4-18(16-8-5-13(2)14(3)11-16)21-19(22)12-15-6-9-17(20)10-7-15/h5-11,18H,4,12H2,1-3H3,(H,21,22)/t18-/m0/s1. The van der Waals surface area contributed by atoms with Gasteiger partial charge in [0, 0.05) is 0 Å². The van der Waals surface area contributed by atoms with Crippen LogP contribution in [0.25, 0.3) is 0 Å². The summed E-state index contributed by atoms with van der Waals surface area (Å²) in [5, 5.41) is 3.06. The molecule has 0 saturated heterocycles.